The van der Waals surface area contributed by atoms with Gasteiger partial charge in [0.1, 0.15) is 11.6 Å². The van der Waals surface area contributed by atoms with Crippen LogP contribution < -0.4 is 15.4 Å². The standard InChI is InChI=1S/C18H19N3O3/c1-11-4-7-15(20-10-11)21(3)17(23)18(2)9-13-6-5-12(16(19)22)8-14(13)24-18/h4-8,10H,9H2,1-3H3,(H2,19,22). The third-order valence-corrected chi connectivity index (χ3v) is 4.21. The smallest absolute Gasteiger partial charge is 0.272 e. The summed E-state index contributed by atoms with van der Waals surface area (Å²) < 4.78 is 5.89. The van der Waals surface area contributed by atoms with E-state index in [0.717, 1.165) is 11.1 Å². The highest BCUT2D eigenvalue weighted by molar-refractivity contribution is 5.99. The number of pyridine rings is 1. The van der Waals surface area contributed by atoms with Crippen LogP contribution in [0.15, 0.2) is 36.5 Å². The van der Waals surface area contributed by atoms with E-state index in [-0.39, 0.29) is 5.91 Å². The Morgan fingerprint density at radius 1 is 1.29 bits per heavy atom. The van der Waals surface area contributed by atoms with Crippen LogP contribution >= 0.6 is 0 Å². The third kappa shape index (κ3) is 2.71. The molecule has 0 aliphatic carbocycles. The van der Waals surface area contributed by atoms with Crippen molar-refractivity contribution in [1.82, 2.24) is 4.98 Å². The Hall–Kier alpha value is -2.89. The van der Waals surface area contributed by atoms with Crippen molar-refractivity contribution in [1.29, 1.82) is 0 Å². The van der Waals surface area contributed by atoms with Crippen molar-refractivity contribution in [3.8, 4) is 5.75 Å². The molecule has 2 N–H and O–H groups in total. The largest absolute Gasteiger partial charge is 0.477 e. The number of nitrogens with two attached hydrogens (primary N) is 1. The topological polar surface area (TPSA) is 85.5 Å². The number of aryl methyl sites for hydroxylation is 1. The fourth-order valence-electron chi connectivity index (χ4n) is 2.83. The molecule has 0 saturated carbocycles. The van der Waals surface area contributed by atoms with Crippen molar-refractivity contribution in [3.05, 3.63) is 53.2 Å². The Labute approximate surface area is 140 Å². The fourth-order valence-corrected chi connectivity index (χ4v) is 2.83. The highest BCUT2D eigenvalue weighted by Gasteiger charge is 2.44. The van der Waals surface area contributed by atoms with Gasteiger partial charge >= 0.3 is 0 Å². The van der Waals surface area contributed by atoms with Gasteiger partial charge in [-0.05, 0) is 43.2 Å². The zero-order chi connectivity index (χ0) is 17.5. The number of benzene rings is 1. The molecule has 0 saturated heterocycles. The second-order valence-corrected chi connectivity index (χ2v) is 6.25. The molecule has 0 spiro atoms. The van der Waals surface area contributed by atoms with Crippen LogP contribution in [0, 0.1) is 6.92 Å². The minimum absolute atomic E-state index is 0.198. The number of primary amides is 1. The molecule has 6 nitrogen and oxygen atoms in total. The number of hydrogen-bond acceptors (Lipinski definition) is 4. The molecule has 1 aliphatic rings. The number of carbonyl (C=O) groups excluding carboxylic acids is 2. The van der Waals surface area contributed by atoms with Crippen molar-refractivity contribution in [2.24, 2.45) is 5.73 Å². The van der Waals surface area contributed by atoms with Crippen LogP contribution in [0.2, 0.25) is 0 Å². The number of nitrogens with zero attached hydrogens (tertiary/aromatic N) is 2. The van der Waals surface area contributed by atoms with E-state index in [4.69, 9.17) is 10.5 Å². The highest BCUT2D eigenvalue weighted by atomic mass is 16.5. The summed E-state index contributed by atoms with van der Waals surface area (Å²) in [4.78, 5) is 30.0. The summed E-state index contributed by atoms with van der Waals surface area (Å²) in [7, 11) is 1.67. The molecule has 1 aliphatic heterocycles. The van der Waals surface area contributed by atoms with Crippen LogP contribution in [0.4, 0.5) is 5.82 Å². The highest BCUT2D eigenvalue weighted by Crippen LogP contribution is 2.37. The van der Waals surface area contributed by atoms with E-state index in [1.807, 2.05) is 13.0 Å². The molecule has 24 heavy (non-hydrogen) atoms. The van der Waals surface area contributed by atoms with E-state index < -0.39 is 11.5 Å². The van der Waals surface area contributed by atoms with E-state index in [9.17, 15) is 9.59 Å². The van der Waals surface area contributed by atoms with E-state index in [0.29, 0.717) is 23.6 Å². The Bertz CT molecular complexity index is 817. The zero-order valence-electron chi connectivity index (χ0n) is 13.9. The number of aromatic nitrogens is 1. The molecular formula is C18H19N3O3. The van der Waals surface area contributed by atoms with Gasteiger partial charge in [0.15, 0.2) is 5.60 Å². The summed E-state index contributed by atoms with van der Waals surface area (Å²) in [5, 5.41) is 0. The summed E-state index contributed by atoms with van der Waals surface area (Å²) >= 11 is 0. The first-order chi connectivity index (χ1) is 11.3. The molecule has 1 aromatic carbocycles. The lowest BCUT2D eigenvalue weighted by Gasteiger charge is -2.28. The summed E-state index contributed by atoms with van der Waals surface area (Å²) in [6.45, 7) is 3.68. The van der Waals surface area contributed by atoms with Gasteiger partial charge in [-0.3, -0.25) is 14.5 Å². The lowest BCUT2D eigenvalue weighted by molar-refractivity contribution is -0.131. The first-order valence-corrected chi connectivity index (χ1v) is 7.63. The second kappa shape index (κ2) is 5.63. The predicted molar refractivity (Wildman–Crippen MR) is 90.1 cm³/mol. The maximum absolute atomic E-state index is 12.9. The minimum Gasteiger partial charge on any atom is -0.477 e. The van der Waals surface area contributed by atoms with E-state index in [1.165, 1.54) is 4.90 Å². The number of anilines is 1. The molecule has 0 bridgehead atoms. The average molecular weight is 325 g/mol. The Balaban J connectivity index is 1.85. The van der Waals surface area contributed by atoms with Gasteiger partial charge in [-0.2, -0.15) is 0 Å². The van der Waals surface area contributed by atoms with Crippen molar-refractivity contribution >= 4 is 17.6 Å². The molecule has 0 fully saturated rings. The van der Waals surface area contributed by atoms with Crippen molar-refractivity contribution in [3.63, 3.8) is 0 Å². The molecule has 3 rings (SSSR count). The van der Waals surface area contributed by atoms with Gasteiger partial charge in [0.2, 0.25) is 5.91 Å². The quantitative estimate of drug-likeness (QED) is 0.933. The van der Waals surface area contributed by atoms with Gasteiger partial charge in [-0.15, -0.1) is 0 Å². The lowest BCUT2D eigenvalue weighted by atomic mass is 9.97. The molecule has 6 heteroatoms. The van der Waals surface area contributed by atoms with Crippen LogP contribution in [0.1, 0.15) is 28.4 Å². The average Bonchev–Trinajstić information content (AvgIpc) is 2.90. The maximum atomic E-state index is 12.9. The van der Waals surface area contributed by atoms with Gasteiger partial charge < -0.3 is 10.5 Å². The SMILES string of the molecule is Cc1ccc(N(C)C(=O)C2(C)Cc3ccc(C(N)=O)cc3O2)nc1. The van der Waals surface area contributed by atoms with Crippen LogP contribution in [-0.4, -0.2) is 29.4 Å². The van der Waals surface area contributed by atoms with Crippen molar-refractivity contribution in [2.45, 2.75) is 25.9 Å². The number of hydrogen-bond donors (Lipinski definition) is 1. The maximum Gasteiger partial charge on any atom is 0.272 e. The molecule has 0 radical (unpaired) electrons. The zero-order valence-corrected chi connectivity index (χ0v) is 13.9. The van der Waals surface area contributed by atoms with Crippen molar-refractivity contribution < 1.29 is 14.3 Å². The predicted octanol–water partition coefficient (Wildman–Crippen LogP) is 1.85. The molecule has 2 aromatic rings. The summed E-state index contributed by atoms with van der Waals surface area (Å²) in [5.74, 6) is 0.356. The molecule has 124 valence electrons. The first-order valence-electron chi connectivity index (χ1n) is 7.63. The van der Waals surface area contributed by atoms with Crippen LogP contribution in [-0.2, 0) is 11.2 Å². The van der Waals surface area contributed by atoms with Gasteiger partial charge in [-0.1, -0.05) is 12.1 Å². The van der Waals surface area contributed by atoms with E-state index in [1.54, 1.807) is 44.4 Å². The number of fused-ring (bicyclic) bond motifs is 1. The molecule has 1 unspecified atom stereocenters. The van der Waals surface area contributed by atoms with Crippen LogP contribution in [0.25, 0.3) is 0 Å². The summed E-state index contributed by atoms with van der Waals surface area (Å²) in [6.07, 6.45) is 2.14. The number of rotatable bonds is 3. The monoisotopic (exact) mass is 325 g/mol. The van der Waals surface area contributed by atoms with Crippen LogP contribution in [0.3, 0.4) is 0 Å². The minimum atomic E-state index is -1.04. The fraction of sp³-hybridized carbons (Fsp3) is 0.278. The first kappa shape index (κ1) is 16.0. The Morgan fingerprint density at radius 2 is 2.04 bits per heavy atom. The number of likely N-dealkylation sites (N-methyl/N-ethyl adjacent to an activating group) is 1. The molecule has 1 aromatic heterocycles. The lowest BCUT2D eigenvalue weighted by Crippen LogP contribution is -2.49. The molecular weight excluding hydrogens is 306 g/mol. The summed E-state index contributed by atoms with van der Waals surface area (Å²) in [5.41, 5.74) is 6.51. The molecule has 2 amide bonds. The van der Waals surface area contributed by atoms with Gasteiger partial charge in [0.05, 0.1) is 0 Å². The number of ether oxygens (including phenoxy) is 1. The molecule has 1 atom stereocenters. The van der Waals surface area contributed by atoms with Crippen molar-refractivity contribution in [2.75, 3.05) is 11.9 Å². The summed E-state index contributed by atoms with van der Waals surface area (Å²) in [6, 6.07) is 8.70. The van der Waals surface area contributed by atoms with Gasteiger partial charge in [-0.25, -0.2) is 4.98 Å². The Kier molecular flexibility index (Phi) is 3.75. The number of carbonyl (C=O) groups is 2. The Morgan fingerprint density at radius 3 is 2.67 bits per heavy atom. The van der Waals surface area contributed by atoms with E-state index in [2.05, 4.69) is 4.98 Å². The van der Waals surface area contributed by atoms with Gasteiger partial charge in [0.25, 0.3) is 5.91 Å². The van der Waals surface area contributed by atoms with Crippen LogP contribution in [0.5, 0.6) is 5.75 Å². The molecule has 2 heterocycles. The second-order valence-electron chi connectivity index (χ2n) is 6.25. The normalized spacial score (nSPS) is 18.6. The number of amides is 2. The van der Waals surface area contributed by atoms with Gasteiger partial charge in [0, 0.05) is 25.2 Å². The van der Waals surface area contributed by atoms with E-state index >= 15 is 0 Å². The third-order valence-electron chi connectivity index (χ3n) is 4.21.